The fourth-order valence-electron chi connectivity index (χ4n) is 4.78. The van der Waals surface area contributed by atoms with Gasteiger partial charge in [-0.1, -0.05) is 23.8 Å². The number of nitrogens with one attached hydrogen (secondary N) is 1. The molecule has 0 spiro atoms. The van der Waals surface area contributed by atoms with Gasteiger partial charge in [0, 0.05) is 88.8 Å². The first-order chi connectivity index (χ1) is 18.6. The van der Waals surface area contributed by atoms with Crippen LogP contribution in [0.4, 0.5) is 5.69 Å². The smallest absolute Gasteiger partial charge is 0.253 e. The molecule has 1 aliphatic heterocycles. The lowest BCUT2D eigenvalue weighted by molar-refractivity contribution is -0.104. The average Bonchev–Trinajstić information content (AvgIpc) is 2.92. The minimum atomic E-state index is 0.0300. The van der Waals surface area contributed by atoms with Crippen LogP contribution in [0.15, 0.2) is 66.2 Å². The zero-order valence-corrected chi connectivity index (χ0v) is 24.3. The number of allylic oxidation sites excluding steroid dienone is 2. The monoisotopic (exact) mass is 527 g/mol. The summed E-state index contributed by atoms with van der Waals surface area (Å²) >= 11 is 0. The van der Waals surface area contributed by atoms with E-state index in [1.54, 1.807) is 26.0 Å². The summed E-state index contributed by atoms with van der Waals surface area (Å²) in [5.74, 6) is 0.0300. The van der Waals surface area contributed by atoms with Crippen molar-refractivity contribution in [1.82, 2.24) is 20.1 Å². The van der Waals surface area contributed by atoms with Crippen molar-refractivity contribution in [1.29, 1.82) is 0 Å². The van der Waals surface area contributed by atoms with E-state index in [1.807, 2.05) is 55.5 Å². The minimum Gasteiger partial charge on any atom is -0.388 e. The number of carbonyl (C=O) groups excluding carboxylic acids is 2. The SMILES string of the molecule is CNC(/C=C\N(C)c1ccnc(C)c1/C=C(\C)CN1CC=C(c2ccc(C(=O)N(C)C)cc2C)CC1)=C/C=O. The molecule has 0 atom stereocenters. The number of likely N-dealkylation sites (N-methyl/N-ethyl adjacent to an activating group) is 1. The molecule has 0 saturated carbocycles. The van der Waals surface area contributed by atoms with Crippen molar-refractivity contribution >= 4 is 29.5 Å². The Morgan fingerprint density at radius 3 is 2.56 bits per heavy atom. The zero-order valence-electron chi connectivity index (χ0n) is 24.3. The molecule has 1 aliphatic rings. The van der Waals surface area contributed by atoms with Crippen LogP contribution in [-0.2, 0) is 4.79 Å². The molecule has 206 valence electrons. The van der Waals surface area contributed by atoms with E-state index in [4.69, 9.17) is 0 Å². The number of nitrogens with zero attached hydrogens (tertiary/aromatic N) is 4. The standard InChI is InChI=1S/C32H41N5O2/c1-23(20-30-25(3)34-15-10-31(30)36(7)16-13-28(33-4)14-19-38)22-37-17-11-26(12-18-37)29-9-8-27(21-24(29)2)32(39)35(5)6/h8-11,13-16,19-21,33H,12,17-18,22H2,1-7H3/b16-13-,23-20+,28-14+. The van der Waals surface area contributed by atoms with Crippen molar-refractivity contribution < 1.29 is 9.59 Å². The Morgan fingerprint density at radius 1 is 1.18 bits per heavy atom. The molecule has 1 N–H and O–H groups in total. The van der Waals surface area contributed by atoms with Gasteiger partial charge in [0.05, 0.1) is 5.69 Å². The Labute approximate surface area is 233 Å². The van der Waals surface area contributed by atoms with Gasteiger partial charge in [-0.15, -0.1) is 0 Å². The summed E-state index contributed by atoms with van der Waals surface area (Å²) < 4.78 is 0. The van der Waals surface area contributed by atoms with E-state index in [0.717, 1.165) is 66.1 Å². The summed E-state index contributed by atoms with van der Waals surface area (Å²) in [6.45, 7) is 9.02. The second-order valence-corrected chi connectivity index (χ2v) is 10.2. The third-order valence-corrected chi connectivity index (χ3v) is 6.94. The number of pyridine rings is 1. The molecule has 0 saturated heterocycles. The molecule has 1 amide bonds. The number of benzene rings is 1. The molecule has 1 aromatic carbocycles. The Balaban J connectivity index is 1.72. The van der Waals surface area contributed by atoms with E-state index in [9.17, 15) is 9.59 Å². The van der Waals surface area contributed by atoms with Crippen molar-refractivity contribution in [2.45, 2.75) is 27.2 Å². The van der Waals surface area contributed by atoms with Gasteiger partial charge >= 0.3 is 0 Å². The molecule has 39 heavy (non-hydrogen) atoms. The highest BCUT2D eigenvalue weighted by molar-refractivity contribution is 5.94. The first kappa shape index (κ1) is 29.6. The second-order valence-electron chi connectivity index (χ2n) is 10.2. The normalized spacial score (nSPS) is 14.8. The molecule has 3 rings (SSSR count). The largest absolute Gasteiger partial charge is 0.388 e. The van der Waals surface area contributed by atoms with Crippen LogP contribution in [0.3, 0.4) is 0 Å². The predicted molar refractivity (Wildman–Crippen MR) is 162 cm³/mol. The van der Waals surface area contributed by atoms with Gasteiger partial charge in [-0.25, -0.2) is 0 Å². The first-order valence-corrected chi connectivity index (χ1v) is 13.3. The number of carbonyl (C=O) groups is 2. The maximum atomic E-state index is 12.3. The van der Waals surface area contributed by atoms with Crippen LogP contribution in [0.5, 0.6) is 0 Å². The van der Waals surface area contributed by atoms with Crippen molar-refractivity contribution in [3.8, 4) is 0 Å². The van der Waals surface area contributed by atoms with Gasteiger partial charge in [0.15, 0.2) is 0 Å². The van der Waals surface area contributed by atoms with E-state index in [0.29, 0.717) is 0 Å². The fraction of sp³-hybridized carbons (Fsp3) is 0.344. The average molecular weight is 528 g/mol. The van der Waals surface area contributed by atoms with Crippen molar-refractivity contribution in [2.24, 2.45) is 0 Å². The zero-order chi connectivity index (χ0) is 28.5. The number of amides is 1. The highest BCUT2D eigenvalue weighted by atomic mass is 16.2. The highest BCUT2D eigenvalue weighted by Gasteiger charge is 2.17. The molecule has 0 aliphatic carbocycles. The van der Waals surface area contributed by atoms with E-state index < -0.39 is 0 Å². The number of anilines is 1. The summed E-state index contributed by atoms with van der Waals surface area (Å²) in [5, 5.41) is 3.01. The number of hydrogen-bond acceptors (Lipinski definition) is 6. The lowest BCUT2D eigenvalue weighted by Gasteiger charge is -2.27. The third-order valence-electron chi connectivity index (χ3n) is 6.94. The van der Waals surface area contributed by atoms with E-state index in [1.165, 1.54) is 22.8 Å². The predicted octanol–water partition coefficient (Wildman–Crippen LogP) is 4.84. The van der Waals surface area contributed by atoms with Crippen molar-refractivity contribution in [2.75, 3.05) is 52.7 Å². The number of aldehydes is 1. The number of aryl methyl sites for hydroxylation is 2. The summed E-state index contributed by atoms with van der Waals surface area (Å²) in [6, 6.07) is 8.03. The molecule has 1 aromatic heterocycles. The van der Waals surface area contributed by atoms with Gasteiger partial charge in [0.1, 0.15) is 6.29 Å². The maximum absolute atomic E-state index is 12.3. The van der Waals surface area contributed by atoms with Crippen molar-refractivity contribution in [3.63, 3.8) is 0 Å². The summed E-state index contributed by atoms with van der Waals surface area (Å²) in [5.41, 5.74) is 9.55. The molecule has 2 heterocycles. The van der Waals surface area contributed by atoms with E-state index in [-0.39, 0.29) is 5.91 Å². The van der Waals surface area contributed by atoms with Gasteiger partial charge in [-0.05, 0) is 68.2 Å². The quantitative estimate of drug-likeness (QED) is 0.271. The van der Waals surface area contributed by atoms with Gasteiger partial charge in [0.25, 0.3) is 5.91 Å². The summed E-state index contributed by atoms with van der Waals surface area (Å²) in [7, 11) is 7.34. The number of rotatable bonds is 10. The number of aromatic nitrogens is 1. The Kier molecular flexibility index (Phi) is 10.4. The Morgan fingerprint density at radius 2 is 1.95 bits per heavy atom. The molecule has 7 nitrogen and oxygen atoms in total. The molecule has 7 heteroatoms. The lowest BCUT2D eigenvalue weighted by atomic mass is 9.93. The number of hydrogen-bond donors (Lipinski definition) is 1. The maximum Gasteiger partial charge on any atom is 0.253 e. The van der Waals surface area contributed by atoms with Crippen LogP contribution < -0.4 is 10.2 Å². The van der Waals surface area contributed by atoms with Crippen LogP contribution >= 0.6 is 0 Å². The lowest BCUT2D eigenvalue weighted by Crippen LogP contribution is -2.30. The third kappa shape index (κ3) is 7.77. The van der Waals surface area contributed by atoms with Crippen LogP contribution in [0.2, 0.25) is 0 Å². The summed E-state index contributed by atoms with van der Waals surface area (Å²) in [6.07, 6.45) is 13.4. The highest BCUT2D eigenvalue weighted by Crippen LogP contribution is 2.28. The van der Waals surface area contributed by atoms with E-state index in [2.05, 4.69) is 47.3 Å². The van der Waals surface area contributed by atoms with Gasteiger partial charge < -0.3 is 15.1 Å². The summed E-state index contributed by atoms with van der Waals surface area (Å²) in [4.78, 5) is 33.8. The molecular weight excluding hydrogens is 486 g/mol. The van der Waals surface area contributed by atoms with Gasteiger partial charge in [0.2, 0.25) is 0 Å². The molecule has 0 fully saturated rings. The topological polar surface area (TPSA) is 68.8 Å². The molecule has 0 unspecified atom stereocenters. The van der Waals surface area contributed by atoms with Crippen molar-refractivity contribution in [3.05, 3.63) is 94.1 Å². The van der Waals surface area contributed by atoms with Gasteiger partial charge in [-0.3, -0.25) is 19.5 Å². The van der Waals surface area contributed by atoms with Crippen LogP contribution in [0.1, 0.15) is 46.1 Å². The molecule has 0 bridgehead atoms. The van der Waals surface area contributed by atoms with Crippen LogP contribution in [0.25, 0.3) is 11.6 Å². The fourth-order valence-corrected chi connectivity index (χ4v) is 4.78. The minimum absolute atomic E-state index is 0.0300. The van der Waals surface area contributed by atoms with E-state index >= 15 is 0 Å². The first-order valence-electron chi connectivity index (χ1n) is 13.3. The van der Waals surface area contributed by atoms with Crippen LogP contribution in [-0.4, -0.2) is 74.8 Å². The van der Waals surface area contributed by atoms with Gasteiger partial charge in [-0.2, -0.15) is 0 Å². The molecular formula is C32H41N5O2. The molecule has 0 radical (unpaired) electrons. The second kappa shape index (κ2) is 13.7. The van der Waals surface area contributed by atoms with Crippen LogP contribution in [0, 0.1) is 13.8 Å². The Hall–Kier alpha value is -3.97. The Bertz CT molecular complexity index is 1320. The molecule has 2 aromatic rings.